The number of hydrogen-bond donors (Lipinski definition) is 1. The first-order valence-corrected chi connectivity index (χ1v) is 6.49. The van der Waals surface area contributed by atoms with Gasteiger partial charge in [0.1, 0.15) is 0 Å². The molecular formula is C11H12Cl2F3N3O. The Balaban J connectivity index is 2.79. The smallest absolute Gasteiger partial charge is 0.273 e. The number of carbonyl (C=O) groups excluding carboxylic acids is 1. The minimum Gasteiger partial charge on any atom is -0.273 e. The molecule has 112 valence electrons. The summed E-state index contributed by atoms with van der Waals surface area (Å²) >= 11 is 11.2. The number of rotatable bonds is 5. The number of hydrazine groups is 1. The molecule has 0 atom stereocenters. The van der Waals surface area contributed by atoms with Gasteiger partial charge in [0.15, 0.2) is 5.82 Å². The van der Waals surface area contributed by atoms with Gasteiger partial charge < -0.3 is 0 Å². The second-order valence-electron chi connectivity index (χ2n) is 3.91. The number of nitrogens with zero attached hydrogens (tertiary/aromatic N) is 2. The molecule has 20 heavy (non-hydrogen) atoms. The van der Waals surface area contributed by atoms with Gasteiger partial charge in [-0.25, -0.2) is 4.98 Å². The summed E-state index contributed by atoms with van der Waals surface area (Å²) in [5, 5.41) is 0.957. The molecule has 0 unspecified atom stereocenters. The molecule has 0 radical (unpaired) electrons. The van der Waals surface area contributed by atoms with E-state index in [1.54, 1.807) is 0 Å². The van der Waals surface area contributed by atoms with E-state index < -0.39 is 11.7 Å². The average molecular weight is 330 g/mol. The molecule has 0 spiro atoms. The molecule has 0 aliphatic rings. The molecule has 0 fully saturated rings. The zero-order valence-electron chi connectivity index (χ0n) is 10.5. The molecule has 0 aliphatic carbocycles. The largest absolute Gasteiger partial charge is 0.417 e. The van der Waals surface area contributed by atoms with E-state index in [9.17, 15) is 18.0 Å². The minimum absolute atomic E-state index is 0.0268. The van der Waals surface area contributed by atoms with Crippen LogP contribution < -0.4 is 10.4 Å². The summed E-state index contributed by atoms with van der Waals surface area (Å²) in [6, 6.07) is 0.755. The van der Waals surface area contributed by atoms with Gasteiger partial charge in [-0.2, -0.15) is 13.2 Å². The highest BCUT2D eigenvalue weighted by molar-refractivity contribution is 6.33. The summed E-state index contributed by atoms with van der Waals surface area (Å²) in [7, 11) is 1.43. The van der Waals surface area contributed by atoms with E-state index in [4.69, 9.17) is 23.2 Å². The maximum Gasteiger partial charge on any atom is 0.417 e. The third-order valence-corrected chi connectivity index (χ3v) is 2.84. The normalized spacial score (nSPS) is 11.3. The van der Waals surface area contributed by atoms with Crippen molar-refractivity contribution < 1.29 is 18.0 Å². The van der Waals surface area contributed by atoms with Crippen LogP contribution in [-0.4, -0.2) is 23.8 Å². The Bertz CT molecular complexity index is 482. The summed E-state index contributed by atoms with van der Waals surface area (Å²) in [6.45, 7) is 0. The van der Waals surface area contributed by atoms with E-state index in [1.807, 2.05) is 0 Å². The van der Waals surface area contributed by atoms with Gasteiger partial charge >= 0.3 is 6.18 Å². The van der Waals surface area contributed by atoms with Gasteiger partial charge in [0.05, 0.1) is 10.6 Å². The second kappa shape index (κ2) is 6.99. The average Bonchev–Trinajstić information content (AvgIpc) is 2.34. The maximum absolute atomic E-state index is 12.5. The topological polar surface area (TPSA) is 45.2 Å². The van der Waals surface area contributed by atoms with Gasteiger partial charge in [0.25, 0.3) is 0 Å². The number of nitrogens with one attached hydrogen (secondary N) is 1. The third kappa shape index (κ3) is 4.72. The molecule has 1 heterocycles. The monoisotopic (exact) mass is 329 g/mol. The van der Waals surface area contributed by atoms with Gasteiger partial charge in [-0.05, 0) is 12.5 Å². The van der Waals surface area contributed by atoms with Crippen molar-refractivity contribution in [1.29, 1.82) is 0 Å². The fourth-order valence-corrected chi connectivity index (χ4v) is 1.78. The maximum atomic E-state index is 12.5. The fraction of sp³-hybridized carbons (Fsp3) is 0.455. The summed E-state index contributed by atoms with van der Waals surface area (Å²) in [4.78, 5) is 15.1. The van der Waals surface area contributed by atoms with Crippen molar-refractivity contribution in [1.82, 2.24) is 10.4 Å². The van der Waals surface area contributed by atoms with Gasteiger partial charge in [-0.15, -0.1) is 11.6 Å². The van der Waals surface area contributed by atoms with E-state index in [1.165, 1.54) is 12.1 Å². The molecule has 9 heteroatoms. The quantitative estimate of drug-likeness (QED) is 0.666. The SMILES string of the molecule is CN(NC(=O)CCCCl)c1ncc(C(F)(F)F)cc1Cl. The lowest BCUT2D eigenvalue weighted by Crippen LogP contribution is -2.40. The lowest BCUT2D eigenvalue weighted by Gasteiger charge is -2.20. The van der Waals surface area contributed by atoms with Gasteiger partial charge in [-0.3, -0.25) is 15.2 Å². The molecule has 4 nitrogen and oxygen atoms in total. The van der Waals surface area contributed by atoms with Crippen LogP contribution in [0.3, 0.4) is 0 Å². The Labute approximate surface area is 123 Å². The molecule has 1 aromatic heterocycles. The summed E-state index contributed by atoms with van der Waals surface area (Å²) < 4.78 is 37.4. The molecule has 0 saturated carbocycles. The van der Waals surface area contributed by atoms with Crippen molar-refractivity contribution in [3.63, 3.8) is 0 Å². The van der Waals surface area contributed by atoms with Crippen LogP contribution in [-0.2, 0) is 11.0 Å². The molecule has 0 aromatic carbocycles. The van der Waals surface area contributed by atoms with Gasteiger partial charge in [-0.1, -0.05) is 11.6 Å². The van der Waals surface area contributed by atoms with Crippen LogP contribution in [0.4, 0.5) is 19.0 Å². The first kappa shape index (κ1) is 16.8. The first-order valence-electron chi connectivity index (χ1n) is 5.57. The lowest BCUT2D eigenvalue weighted by atomic mass is 10.3. The lowest BCUT2D eigenvalue weighted by molar-refractivity contribution is -0.137. The van der Waals surface area contributed by atoms with Crippen molar-refractivity contribution >= 4 is 34.9 Å². The second-order valence-corrected chi connectivity index (χ2v) is 4.70. The van der Waals surface area contributed by atoms with Gasteiger partial charge in [0.2, 0.25) is 5.91 Å². The number of carbonyl (C=O) groups is 1. The number of alkyl halides is 4. The van der Waals surface area contributed by atoms with Crippen molar-refractivity contribution in [2.24, 2.45) is 0 Å². The molecule has 0 bridgehead atoms. The Kier molecular flexibility index (Phi) is 5.88. The predicted molar refractivity (Wildman–Crippen MR) is 70.7 cm³/mol. The van der Waals surface area contributed by atoms with E-state index >= 15 is 0 Å². The molecular weight excluding hydrogens is 318 g/mol. The van der Waals surface area contributed by atoms with Gasteiger partial charge in [0, 0.05) is 25.5 Å². The first-order chi connectivity index (χ1) is 9.25. The number of halogens is 5. The zero-order valence-corrected chi connectivity index (χ0v) is 12.0. The third-order valence-electron chi connectivity index (χ3n) is 2.30. The fourth-order valence-electron chi connectivity index (χ4n) is 1.36. The number of amides is 1. The summed E-state index contributed by atoms with van der Waals surface area (Å²) in [6.07, 6.45) is -3.17. The molecule has 1 aromatic rings. The molecule has 0 aliphatic heterocycles. The number of pyridine rings is 1. The highest BCUT2D eigenvalue weighted by Crippen LogP contribution is 2.32. The molecule has 0 saturated heterocycles. The Morgan fingerprint density at radius 1 is 1.50 bits per heavy atom. The highest BCUT2D eigenvalue weighted by Gasteiger charge is 2.31. The van der Waals surface area contributed by atoms with E-state index in [-0.39, 0.29) is 23.2 Å². The molecule has 1 N–H and O–H groups in total. The Hall–Kier alpha value is -1.21. The van der Waals surface area contributed by atoms with E-state index in [0.717, 1.165) is 6.07 Å². The standard InChI is InChI=1S/C11H12Cl2F3N3O/c1-19(18-9(20)3-2-4-12)10-8(13)5-7(6-17-10)11(14,15)16/h5-6H,2-4H2,1H3,(H,18,20). The van der Waals surface area contributed by atoms with Crippen LogP contribution in [0.15, 0.2) is 12.3 Å². The van der Waals surface area contributed by atoms with E-state index in [2.05, 4.69) is 10.4 Å². The van der Waals surface area contributed by atoms with Crippen LogP contribution in [0, 0.1) is 0 Å². The van der Waals surface area contributed by atoms with Crippen molar-refractivity contribution in [3.05, 3.63) is 22.8 Å². The zero-order chi connectivity index (χ0) is 15.3. The highest BCUT2D eigenvalue weighted by atomic mass is 35.5. The number of aromatic nitrogens is 1. The van der Waals surface area contributed by atoms with Crippen LogP contribution in [0.2, 0.25) is 5.02 Å². The predicted octanol–water partition coefficient (Wildman–Crippen LogP) is 3.24. The van der Waals surface area contributed by atoms with E-state index in [0.29, 0.717) is 18.5 Å². The Morgan fingerprint density at radius 3 is 2.65 bits per heavy atom. The number of hydrogen-bond acceptors (Lipinski definition) is 3. The summed E-state index contributed by atoms with van der Waals surface area (Å²) in [5.74, 6) is 0.0426. The van der Waals surface area contributed by atoms with Crippen molar-refractivity contribution in [2.75, 3.05) is 17.9 Å². The van der Waals surface area contributed by atoms with Crippen LogP contribution in [0.5, 0.6) is 0 Å². The van der Waals surface area contributed by atoms with Crippen molar-refractivity contribution in [2.45, 2.75) is 19.0 Å². The molecule has 1 rings (SSSR count). The van der Waals surface area contributed by atoms with Crippen LogP contribution >= 0.6 is 23.2 Å². The number of anilines is 1. The molecule has 1 amide bonds. The Morgan fingerprint density at radius 2 is 2.15 bits per heavy atom. The van der Waals surface area contributed by atoms with Crippen molar-refractivity contribution in [3.8, 4) is 0 Å². The minimum atomic E-state index is -4.52. The summed E-state index contributed by atoms with van der Waals surface area (Å²) in [5.41, 5.74) is 1.49. The van der Waals surface area contributed by atoms with Crippen LogP contribution in [0.1, 0.15) is 18.4 Å². The van der Waals surface area contributed by atoms with Crippen LogP contribution in [0.25, 0.3) is 0 Å².